The molecule has 6 heteroatoms. The minimum atomic E-state index is -0.360. The number of hydrogen-bond acceptors (Lipinski definition) is 2. The summed E-state index contributed by atoms with van der Waals surface area (Å²) in [6.07, 6.45) is 0.814. The average molecular weight is 317 g/mol. The van der Waals surface area contributed by atoms with Crippen molar-refractivity contribution in [2.24, 2.45) is 5.92 Å². The molecular weight excluding hydrogens is 303 g/mol. The first-order chi connectivity index (χ1) is 8.60. The maximum absolute atomic E-state index is 12.9. The number of likely N-dealkylation sites (tertiary alicyclic amines) is 1. The van der Waals surface area contributed by atoms with Crippen LogP contribution in [0.2, 0.25) is 0 Å². The van der Waals surface area contributed by atoms with E-state index in [9.17, 15) is 9.18 Å². The summed E-state index contributed by atoms with van der Waals surface area (Å²) in [6, 6.07) is 3.88. The van der Waals surface area contributed by atoms with E-state index in [0.717, 1.165) is 6.42 Å². The number of nitrogens with one attached hydrogen (secondary N) is 1. The van der Waals surface area contributed by atoms with Gasteiger partial charge in [-0.1, -0.05) is 0 Å². The summed E-state index contributed by atoms with van der Waals surface area (Å²) in [5.74, 6) is -0.200. The summed E-state index contributed by atoms with van der Waals surface area (Å²) in [4.78, 5) is 13.6. The number of benzene rings is 1. The zero-order valence-corrected chi connectivity index (χ0v) is 11.3. The quantitative estimate of drug-likeness (QED) is 0.880. The first-order valence-corrected chi connectivity index (χ1v) is 6.51. The third-order valence-corrected chi connectivity index (χ3v) is 3.66. The Hall–Kier alpha value is -1.14. The van der Waals surface area contributed by atoms with Crippen LogP contribution in [0.3, 0.4) is 0 Å². The number of anilines is 1. The van der Waals surface area contributed by atoms with E-state index in [1.807, 2.05) is 0 Å². The van der Waals surface area contributed by atoms with Gasteiger partial charge >= 0.3 is 6.03 Å². The normalized spacial score (nSPS) is 19.1. The highest BCUT2D eigenvalue weighted by Crippen LogP contribution is 2.24. The molecule has 1 heterocycles. The second-order valence-corrected chi connectivity index (χ2v) is 5.19. The summed E-state index contributed by atoms with van der Waals surface area (Å²) in [7, 11) is 0. The van der Waals surface area contributed by atoms with E-state index in [1.54, 1.807) is 4.90 Å². The average Bonchev–Trinajstić information content (AvgIpc) is 2.81. The van der Waals surface area contributed by atoms with Crippen molar-refractivity contribution < 1.29 is 14.3 Å². The van der Waals surface area contributed by atoms with Crippen LogP contribution in [-0.2, 0) is 0 Å². The number of rotatable bonds is 2. The standard InChI is InChI=1S/C12H14BrFN2O2/c13-10-5-9(14)1-2-11(10)15-12(18)16-4-3-8(6-16)7-17/h1-2,5,8,17H,3-4,6-7H2,(H,15,18). The molecule has 0 radical (unpaired) electrons. The number of hydrogen-bond donors (Lipinski definition) is 2. The summed E-state index contributed by atoms with van der Waals surface area (Å²) in [6.45, 7) is 1.29. The number of carbonyl (C=O) groups is 1. The Morgan fingerprint density at radius 3 is 3.00 bits per heavy atom. The molecule has 0 aromatic heterocycles. The van der Waals surface area contributed by atoms with E-state index in [2.05, 4.69) is 21.2 Å². The Balaban J connectivity index is 1.99. The molecule has 98 valence electrons. The molecule has 0 spiro atoms. The summed E-state index contributed by atoms with van der Waals surface area (Å²) in [5.41, 5.74) is 0.536. The molecule has 0 saturated carbocycles. The topological polar surface area (TPSA) is 52.6 Å². The van der Waals surface area contributed by atoms with Gasteiger partial charge in [0.25, 0.3) is 0 Å². The Morgan fingerprint density at radius 2 is 2.39 bits per heavy atom. The van der Waals surface area contributed by atoms with Gasteiger partial charge in [-0.15, -0.1) is 0 Å². The van der Waals surface area contributed by atoms with Crippen LogP contribution in [-0.4, -0.2) is 35.7 Å². The van der Waals surface area contributed by atoms with Crippen molar-refractivity contribution in [1.29, 1.82) is 0 Å². The molecule has 2 rings (SSSR count). The van der Waals surface area contributed by atoms with Crippen LogP contribution in [0.4, 0.5) is 14.9 Å². The largest absolute Gasteiger partial charge is 0.396 e. The van der Waals surface area contributed by atoms with Gasteiger partial charge in [-0.05, 0) is 40.5 Å². The van der Waals surface area contributed by atoms with Crippen LogP contribution in [0, 0.1) is 11.7 Å². The van der Waals surface area contributed by atoms with Crippen LogP contribution < -0.4 is 5.32 Å². The summed E-state index contributed by atoms with van der Waals surface area (Å²) in [5, 5.41) is 11.7. The molecule has 1 aliphatic heterocycles. The van der Waals surface area contributed by atoms with E-state index < -0.39 is 0 Å². The van der Waals surface area contributed by atoms with Crippen molar-refractivity contribution >= 4 is 27.6 Å². The van der Waals surface area contributed by atoms with Gasteiger partial charge in [0.1, 0.15) is 5.82 Å². The minimum Gasteiger partial charge on any atom is -0.396 e. The van der Waals surface area contributed by atoms with E-state index in [-0.39, 0.29) is 24.4 Å². The van der Waals surface area contributed by atoms with E-state index >= 15 is 0 Å². The van der Waals surface area contributed by atoms with Crippen LogP contribution in [0.25, 0.3) is 0 Å². The molecule has 1 saturated heterocycles. The number of carbonyl (C=O) groups excluding carboxylic acids is 1. The van der Waals surface area contributed by atoms with Crippen molar-refractivity contribution in [2.45, 2.75) is 6.42 Å². The highest BCUT2D eigenvalue weighted by atomic mass is 79.9. The monoisotopic (exact) mass is 316 g/mol. The smallest absolute Gasteiger partial charge is 0.321 e. The molecular formula is C12H14BrFN2O2. The van der Waals surface area contributed by atoms with Gasteiger partial charge in [-0.2, -0.15) is 0 Å². The predicted octanol–water partition coefficient (Wildman–Crippen LogP) is 2.43. The van der Waals surface area contributed by atoms with Gasteiger partial charge in [0.15, 0.2) is 0 Å². The molecule has 4 nitrogen and oxygen atoms in total. The van der Waals surface area contributed by atoms with Crippen LogP contribution in [0.15, 0.2) is 22.7 Å². The molecule has 1 fully saturated rings. The molecule has 18 heavy (non-hydrogen) atoms. The molecule has 1 atom stereocenters. The lowest BCUT2D eigenvalue weighted by Crippen LogP contribution is -2.33. The third-order valence-electron chi connectivity index (χ3n) is 3.00. The lowest BCUT2D eigenvalue weighted by molar-refractivity contribution is 0.208. The molecule has 1 aromatic rings. The molecule has 1 aromatic carbocycles. The van der Waals surface area contributed by atoms with Gasteiger partial charge in [0.2, 0.25) is 0 Å². The second-order valence-electron chi connectivity index (χ2n) is 4.34. The number of nitrogens with zero attached hydrogens (tertiary/aromatic N) is 1. The van der Waals surface area contributed by atoms with Gasteiger partial charge in [-0.25, -0.2) is 9.18 Å². The molecule has 0 bridgehead atoms. The SMILES string of the molecule is O=C(Nc1ccc(F)cc1Br)N1CCC(CO)C1. The maximum Gasteiger partial charge on any atom is 0.321 e. The molecule has 0 aliphatic carbocycles. The zero-order chi connectivity index (χ0) is 13.1. The fourth-order valence-electron chi connectivity index (χ4n) is 1.95. The van der Waals surface area contributed by atoms with Crippen molar-refractivity contribution in [3.63, 3.8) is 0 Å². The van der Waals surface area contributed by atoms with Crippen LogP contribution in [0.1, 0.15) is 6.42 Å². The maximum atomic E-state index is 12.9. The lowest BCUT2D eigenvalue weighted by atomic mass is 10.1. The first kappa shape index (κ1) is 13.3. The minimum absolute atomic E-state index is 0.101. The number of amides is 2. The Kier molecular flexibility index (Phi) is 4.19. The Morgan fingerprint density at radius 1 is 1.61 bits per heavy atom. The highest BCUT2D eigenvalue weighted by Gasteiger charge is 2.25. The fraction of sp³-hybridized carbons (Fsp3) is 0.417. The Bertz CT molecular complexity index is 456. The lowest BCUT2D eigenvalue weighted by Gasteiger charge is -2.17. The molecule has 2 amide bonds. The first-order valence-electron chi connectivity index (χ1n) is 5.72. The number of aliphatic hydroxyl groups excluding tert-OH is 1. The van der Waals surface area contributed by atoms with Crippen molar-refractivity contribution in [3.05, 3.63) is 28.5 Å². The van der Waals surface area contributed by atoms with E-state index in [4.69, 9.17) is 5.11 Å². The number of aliphatic hydroxyl groups is 1. The number of urea groups is 1. The van der Waals surface area contributed by atoms with Gasteiger partial charge in [0.05, 0.1) is 5.69 Å². The van der Waals surface area contributed by atoms with Gasteiger partial charge < -0.3 is 15.3 Å². The molecule has 2 N–H and O–H groups in total. The molecule has 1 aliphatic rings. The number of halogens is 2. The second kappa shape index (κ2) is 5.67. The van der Waals surface area contributed by atoms with Crippen molar-refractivity contribution in [2.75, 3.05) is 25.0 Å². The van der Waals surface area contributed by atoms with Crippen LogP contribution >= 0.6 is 15.9 Å². The fourth-order valence-corrected chi connectivity index (χ4v) is 2.40. The molecule has 1 unspecified atom stereocenters. The zero-order valence-electron chi connectivity index (χ0n) is 9.70. The summed E-state index contributed by atoms with van der Waals surface area (Å²) >= 11 is 3.20. The van der Waals surface area contributed by atoms with Gasteiger partial charge in [0, 0.05) is 30.1 Å². The highest BCUT2D eigenvalue weighted by molar-refractivity contribution is 9.10. The van der Waals surface area contributed by atoms with Crippen molar-refractivity contribution in [1.82, 2.24) is 4.90 Å². The predicted molar refractivity (Wildman–Crippen MR) is 69.9 cm³/mol. The van der Waals surface area contributed by atoms with E-state index in [1.165, 1.54) is 18.2 Å². The van der Waals surface area contributed by atoms with Crippen molar-refractivity contribution in [3.8, 4) is 0 Å². The third kappa shape index (κ3) is 3.00. The summed E-state index contributed by atoms with van der Waals surface area (Å²) < 4.78 is 13.4. The van der Waals surface area contributed by atoms with Gasteiger partial charge in [-0.3, -0.25) is 0 Å². The Labute approximate surface area is 113 Å². The van der Waals surface area contributed by atoms with Crippen LogP contribution in [0.5, 0.6) is 0 Å². The van der Waals surface area contributed by atoms with E-state index in [0.29, 0.717) is 23.2 Å².